The van der Waals surface area contributed by atoms with Gasteiger partial charge in [0.05, 0.1) is 12.1 Å². The third kappa shape index (κ3) is 3.47. The van der Waals surface area contributed by atoms with Crippen molar-refractivity contribution in [3.05, 3.63) is 47.8 Å². The number of carbonyl (C=O) groups excluding carboxylic acids is 1. The van der Waals surface area contributed by atoms with Crippen molar-refractivity contribution in [1.82, 2.24) is 9.78 Å². The highest BCUT2D eigenvalue weighted by atomic mass is 16.4. The predicted molar refractivity (Wildman–Crippen MR) is 78.3 cm³/mol. The molecule has 110 valence electrons. The van der Waals surface area contributed by atoms with Gasteiger partial charge in [-0.25, -0.2) is 0 Å². The molecule has 1 N–H and O–H groups in total. The molecule has 0 atom stereocenters. The number of carboxylic acid groups (broad SMARTS) is 1. The fourth-order valence-corrected chi connectivity index (χ4v) is 2.11. The number of nitrogens with zero attached hydrogens (tertiary/aromatic N) is 3. The maximum Gasteiger partial charge on any atom is 0.305 e. The summed E-state index contributed by atoms with van der Waals surface area (Å²) in [6.45, 7) is 1.92. The maximum atomic E-state index is 12.7. The van der Waals surface area contributed by atoms with Crippen LogP contribution in [0.5, 0.6) is 0 Å². The summed E-state index contributed by atoms with van der Waals surface area (Å²) in [6, 6.07) is 10.7. The monoisotopic (exact) mass is 287 g/mol. The quantitative estimate of drug-likeness (QED) is 0.910. The van der Waals surface area contributed by atoms with E-state index in [1.807, 2.05) is 18.2 Å². The van der Waals surface area contributed by atoms with Crippen LogP contribution in [0.1, 0.15) is 22.6 Å². The molecule has 0 aliphatic carbocycles. The first kappa shape index (κ1) is 14.8. The molecular formula is C15H17N3O3. The molecule has 0 radical (unpaired) electrons. The third-order valence-electron chi connectivity index (χ3n) is 3.08. The summed E-state index contributed by atoms with van der Waals surface area (Å²) in [4.78, 5) is 24.9. The molecule has 6 heteroatoms. The second-order valence-electron chi connectivity index (χ2n) is 4.73. The predicted octanol–water partition coefficient (Wildman–Crippen LogP) is 1.85. The number of aryl methyl sites for hydroxylation is 2. The fraction of sp³-hybridized carbons (Fsp3) is 0.267. The highest BCUT2D eigenvalue weighted by Crippen LogP contribution is 2.17. The van der Waals surface area contributed by atoms with E-state index in [1.54, 1.807) is 32.2 Å². The van der Waals surface area contributed by atoms with Gasteiger partial charge in [-0.3, -0.25) is 14.3 Å². The van der Waals surface area contributed by atoms with Crippen LogP contribution in [0.3, 0.4) is 0 Å². The zero-order valence-corrected chi connectivity index (χ0v) is 12.0. The van der Waals surface area contributed by atoms with E-state index in [0.29, 0.717) is 11.4 Å². The Bertz CT molecular complexity index is 649. The molecule has 0 spiro atoms. The van der Waals surface area contributed by atoms with Crippen LogP contribution in [0, 0.1) is 6.92 Å². The van der Waals surface area contributed by atoms with Crippen molar-refractivity contribution in [1.29, 1.82) is 0 Å². The van der Waals surface area contributed by atoms with Gasteiger partial charge in [-0.1, -0.05) is 18.2 Å². The number of carboxylic acids is 1. The minimum atomic E-state index is -0.940. The maximum absolute atomic E-state index is 12.7. The van der Waals surface area contributed by atoms with Crippen molar-refractivity contribution in [2.24, 2.45) is 7.05 Å². The number of para-hydroxylation sites is 1. The summed E-state index contributed by atoms with van der Waals surface area (Å²) >= 11 is 0. The van der Waals surface area contributed by atoms with Gasteiger partial charge in [-0.05, 0) is 25.1 Å². The Labute approximate surface area is 122 Å². The van der Waals surface area contributed by atoms with E-state index in [2.05, 4.69) is 5.10 Å². The van der Waals surface area contributed by atoms with Gasteiger partial charge < -0.3 is 10.0 Å². The van der Waals surface area contributed by atoms with Gasteiger partial charge in [0.15, 0.2) is 0 Å². The molecule has 0 aliphatic rings. The summed E-state index contributed by atoms with van der Waals surface area (Å²) in [5.41, 5.74) is 1.84. The Hall–Kier alpha value is -2.63. The summed E-state index contributed by atoms with van der Waals surface area (Å²) in [7, 11) is 1.70. The average Bonchev–Trinajstić information content (AvgIpc) is 2.78. The van der Waals surface area contributed by atoms with Gasteiger partial charge in [-0.2, -0.15) is 5.10 Å². The van der Waals surface area contributed by atoms with E-state index < -0.39 is 5.97 Å². The summed E-state index contributed by atoms with van der Waals surface area (Å²) in [5.74, 6) is -1.20. The summed E-state index contributed by atoms with van der Waals surface area (Å²) < 4.78 is 1.51. The second-order valence-corrected chi connectivity index (χ2v) is 4.73. The van der Waals surface area contributed by atoms with Gasteiger partial charge in [0, 0.05) is 19.3 Å². The minimum absolute atomic E-state index is 0.113. The molecule has 21 heavy (non-hydrogen) atoms. The van der Waals surface area contributed by atoms with Gasteiger partial charge in [0.25, 0.3) is 5.91 Å². The number of aliphatic carboxylic acids is 1. The lowest BCUT2D eigenvalue weighted by Crippen LogP contribution is -2.34. The van der Waals surface area contributed by atoms with E-state index in [-0.39, 0.29) is 18.9 Å². The van der Waals surface area contributed by atoms with Crippen LogP contribution in [0.2, 0.25) is 0 Å². The first-order chi connectivity index (χ1) is 9.99. The topological polar surface area (TPSA) is 75.4 Å². The molecule has 0 fully saturated rings. The Morgan fingerprint density at radius 1 is 1.29 bits per heavy atom. The average molecular weight is 287 g/mol. The number of benzene rings is 1. The van der Waals surface area contributed by atoms with E-state index in [1.165, 1.54) is 9.58 Å². The standard InChI is InChI=1S/C15H17N3O3/c1-11-10-13(17(2)16-11)15(21)18(9-8-14(19)20)12-6-4-3-5-7-12/h3-7,10H,8-9H2,1-2H3,(H,19,20). The molecule has 0 unspecified atom stereocenters. The number of aromatic nitrogens is 2. The lowest BCUT2D eigenvalue weighted by molar-refractivity contribution is -0.136. The van der Waals surface area contributed by atoms with E-state index in [0.717, 1.165) is 5.69 Å². The molecule has 6 nitrogen and oxygen atoms in total. The zero-order chi connectivity index (χ0) is 15.4. The van der Waals surface area contributed by atoms with E-state index in [4.69, 9.17) is 5.11 Å². The third-order valence-corrected chi connectivity index (χ3v) is 3.08. The number of hydrogen-bond donors (Lipinski definition) is 1. The first-order valence-corrected chi connectivity index (χ1v) is 6.58. The summed E-state index contributed by atoms with van der Waals surface area (Å²) in [5, 5.41) is 13.0. The molecule has 1 amide bonds. The van der Waals surface area contributed by atoms with Gasteiger partial charge >= 0.3 is 5.97 Å². The Balaban J connectivity index is 2.32. The largest absolute Gasteiger partial charge is 0.481 e. The van der Waals surface area contributed by atoms with Crippen molar-refractivity contribution < 1.29 is 14.7 Å². The molecule has 0 saturated carbocycles. The molecule has 0 bridgehead atoms. The SMILES string of the molecule is Cc1cc(C(=O)N(CCC(=O)O)c2ccccc2)n(C)n1. The van der Waals surface area contributed by atoms with Crippen molar-refractivity contribution in [2.45, 2.75) is 13.3 Å². The van der Waals surface area contributed by atoms with Gasteiger partial charge in [0.1, 0.15) is 5.69 Å². The van der Waals surface area contributed by atoms with Gasteiger partial charge in [0.2, 0.25) is 0 Å². The van der Waals surface area contributed by atoms with Crippen LogP contribution >= 0.6 is 0 Å². The van der Waals surface area contributed by atoms with Crippen molar-refractivity contribution in [2.75, 3.05) is 11.4 Å². The molecule has 1 aromatic heterocycles. The zero-order valence-electron chi connectivity index (χ0n) is 12.0. The Kier molecular flexibility index (Phi) is 4.37. The van der Waals surface area contributed by atoms with E-state index in [9.17, 15) is 9.59 Å². The van der Waals surface area contributed by atoms with Crippen LogP contribution in [0.4, 0.5) is 5.69 Å². The smallest absolute Gasteiger partial charge is 0.305 e. The number of amides is 1. The van der Waals surface area contributed by atoms with Gasteiger partial charge in [-0.15, -0.1) is 0 Å². The Morgan fingerprint density at radius 2 is 1.95 bits per heavy atom. The number of carbonyl (C=O) groups is 2. The molecule has 2 rings (SSSR count). The van der Waals surface area contributed by atoms with Crippen LogP contribution in [-0.4, -0.2) is 33.3 Å². The molecule has 0 saturated heterocycles. The second kappa shape index (κ2) is 6.21. The highest BCUT2D eigenvalue weighted by molar-refractivity contribution is 6.05. The first-order valence-electron chi connectivity index (χ1n) is 6.58. The highest BCUT2D eigenvalue weighted by Gasteiger charge is 2.21. The van der Waals surface area contributed by atoms with Crippen LogP contribution < -0.4 is 4.90 Å². The lowest BCUT2D eigenvalue weighted by Gasteiger charge is -2.22. The molecule has 1 heterocycles. The van der Waals surface area contributed by atoms with Crippen LogP contribution in [-0.2, 0) is 11.8 Å². The fourth-order valence-electron chi connectivity index (χ4n) is 2.11. The van der Waals surface area contributed by atoms with Crippen molar-refractivity contribution in [3.8, 4) is 0 Å². The molecule has 2 aromatic rings. The van der Waals surface area contributed by atoms with Crippen molar-refractivity contribution >= 4 is 17.6 Å². The lowest BCUT2D eigenvalue weighted by atomic mass is 10.2. The number of rotatable bonds is 5. The number of hydrogen-bond acceptors (Lipinski definition) is 3. The molecule has 0 aliphatic heterocycles. The Morgan fingerprint density at radius 3 is 2.48 bits per heavy atom. The summed E-state index contributed by atoms with van der Waals surface area (Å²) in [6.07, 6.45) is -0.114. The van der Waals surface area contributed by atoms with Crippen molar-refractivity contribution in [3.63, 3.8) is 0 Å². The molecular weight excluding hydrogens is 270 g/mol. The van der Waals surface area contributed by atoms with Crippen LogP contribution in [0.15, 0.2) is 36.4 Å². The normalized spacial score (nSPS) is 10.4. The minimum Gasteiger partial charge on any atom is -0.481 e. The van der Waals surface area contributed by atoms with Crippen LogP contribution in [0.25, 0.3) is 0 Å². The molecule has 1 aromatic carbocycles. The number of anilines is 1. The van der Waals surface area contributed by atoms with E-state index >= 15 is 0 Å².